The van der Waals surface area contributed by atoms with Crippen LogP contribution in [0.2, 0.25) is 0 Å². The summed E-state index contributed by atoms with van der Waals surface area (Å²) in [7, 11) is 0. The van der Waals surface area contributed by atoms with Crippen LogP contribution in [0, 0.1) is 0 Å². The van der Waals surface area contributed by atoms with Crippen LogP contribution in [0.15, 0.2) is 0 Å². The molecule has 1 amide bonds. The molecule has 1 heterocycles. The molecular formula is C27H53NO. The summed E-state index contributed by atoms with van der Waals surface area (Å²) in [6.07, 6.45) is 32.2. The van der Waals surface area contributed by atoms with Crippen LogP contribution in [0.25, 0.3) is 0 Å². The third kappa shape index (κ3) is 18.0. The highest BCUT2D eigenvalue weighted by Crippen LogP contribution is 2.16. The van der Waals surface area contributed by atoms with E-state index in [2.05, 4.69) is 4.90 Å². The molecule has 1 rings (SSSR count). The van der Waals surface area contributed by atoms with Gasteiger partial charge in [-0.2, -0.15) is 0 Å². The number of rotatable bonds is 0. The molecule has 0 N–H and O–H groups in total. The van der Waals surface area contributed by atoms with E-state index >= 15 is 0 Å². The third-order valence-electron chi connectivity index (χ3n) is 6.80. The summed E-state index contributed by atoms with van der Waals surface area (Å²) in [5.41, 5.74) is 0. The van der Waals surface area contributed by atoms with Gasteiger partial charge in [0.1, 0.15) is 0 Å². The molecule has 0 atom stereocenters. The summed E-state index contributed by atoms with van der Waals surface area (Å²) in [5, 5.41) is 0. The quantitative estimate of drug-likeness (QED) is 0.392. The van der Waals surface area contributed by atoms with Crippen molar-refractivity contribution in [2.45, 2.75) is 155 Å². The van der Waals surface area contributed by atoms with Gasteiger partial charge in [0.2, 0.25) is 5.91 Å². The van der Waals surface area contributed by atoms with Crippen LogP contribution < -0.4 is 0 Å². The zero-order chi connectivity index (χ0) is 20.8. The van der Waals surface area contributed by atoms with Crippen molar-refractivity contribution in [2.75, 3.05) is 13.1 Å². The van der Waals surface area contributed by atoms with Gasteiger partial charge in [0, 0.05) is 20.0 Å². The average molecular weight is 408 g/mol. The van der Waals surface area contributed by atoms with Gasteiger partial charge in [0.25, 0.3) is 0 Å². The number of hydrogen-bond acceptors (Lipinski definition) is 1. The minimum atomic E-state index is 0.276. The van der Waals surface area contributed by atoms with Crippen molar-refractivity contribution >= 4 is 5.91 Å². The molecule has 0 aromatic heterocycles. The predicted molar refractivity (Wildman–Crippen MR) is 128 cm³/mol. The second-order valence-corrected chi connectivity index (χ2v) is 9.64. The Balaban J connectivity index is 2.18. The summed E-state index contributed by atoms with van der Waals surface area (Å²) >= 11 is 0. The van der Waals surface area contributed by atoms with Gasteiger partial charge < -0.3 is 4.90 Å². The van der Waals surface area contributed by atoms with E-state index in [1.807, 2.05) is 0 Å². The normalized spacial score (nSPS) is 22.7. The molecule has 0 saturated carbocycles. The van der Waals surface area contributed by atoms with Crippen LogP contribution in [0.5, 0.6) is 0 Å². The van der Waals surface area contributed by atoms with Gasteiger partial charge in [-0.3, -0.25) is 4.79 Å². The van der Waals surface area contributed by atoms with E-state index in [-0.39, 0.29) is 5.91 Å². The molecule has 2 nitrogen and oxygen atoms in total. The molecular weight excluding hydrogens is 354 g/mol. The Hall–Kier alpha value is -0.530. The second-order valence-electron chi connectivity index (χ2n) is 9.64. The van der Waals surface area contributed by atoms with Crippen molar-refractivity contribution < 1.29 is 4.79 Å². The number of amides is 1. The lowest BCUT2D eigenvalue weighted by atomic mass is 10.0. The van der Waals surface area contributed by atoms with Crippen molar-refractivity contribution in [1.82, 2.24) is 4.90 Å². The summed E-state index contributed by atoms with van der Waals surface area (Å²) in [5.74, 6) is 0.276. The fourth-order valence-electron chi connectivity index (χ4n) is 4.74. The van der Waals surface area contributed by atoms with E-state index in [4.69, 9.17) is 0 Å². The highest BCUT2D eigenvalue weighted by Gasteiger charge is 2.07. The van der Waals surface area contributed by atoms with Gasteiger partial charge in [0.05, 0.1) is 0 Å². The Morgan fingerprint density at radius 3 is 0.724 bits per heavy atom. The molecule has 29 heavy (non-hydrogen) atoms. The molecule has 0 unspecified atom stereocenters. The van der Waals surface area contributed by atoms with Crippen molar-refractivity contribution in [3.05, 3.63) is 0 Å². The van der Waals surface area contributed by atoms with E-state index in [1.54, 1.807) is 6.92 Å². The van der Waals surface area contributed by atoms with E-state index in [9.17, 15) is 4.79 Å². The highest BCUT2D eigenvalue weighted by atomic mass is 16.2. The number of hydrogen-bond donors (Lipinski definition) is 0. The Morgan fingerprint density at radius 2 is 0.552 bits per heavy atom. The summed E-state index contributed by atoms with van der Waals surface area (Å²) in [4.78, 5) is 14.0. The molecule has 0 aliphatic carbocycles. The van der Waals surface area contributed by atoms with Crippen LogP contribution in [-0.4, -0.2) is 23.9 Å². The monoisotopic (exact) mass is 407 g/mol. The first kappa shape index (κ1) is 26.5. The smallest absolute Gasteiger partial charge is 0.219 e. The van der Waals surface area contributed by atoms with Gasteiger partial charge in [-0.15, -0.1) is 0 Å². The fraction of sp³-hybridized carbons (Fsp3) is 0.963. The summed E-state index contributed by atoms with van der Waals surface area (Å²) in [6.45, 7) is 3.71. The van der Waals surface area contributed by atoms with Crippen LogP contribution in [-0.2, 0) is 4.79 Å². The molecule has 0 bridgehead atoms. The lowest BCUT2D eigenvalue weighted by molar-refractivity contribution is -0.129. The topological polar surface area (TPSA) is 20.3 Å². The molecule has 0 aromatic carbocycles. The number of carbonyl (C=O) groups excluding carboxylic acids is 1. The molecule has 1 fully saturated rings. The lowest BCUT2D eigenvalue weighted by Gasteiger charge is -2.21. The highest BCUT2D eigenvalue weighted by molar-refractivity contribution is 5.73. The Morgan fingerprint density at radius 1 is 0.379 bits per heavy atom. The molecule has 172 valence electrons. The third-order valence-corrected chi connectivity index (χ3v) is 6.80. The molecule has 0 radical (unpaired) electrons. The van der Waals surface area contributed by atoms with Crippen molar-refractivity contribution in [2.24, 2.45) is 0 Å². The number of nitrogens with zero attached hydrogens (tertiary/aromatic N) is 1. The maximum atomic E-state index is 11.9. The molecule has 1 saturated heterocycles. The maximum absolute atomic E-state index is 11.9. The predicted octanol–water partition coefficient (Wildman–Crippen LogP) is 8.82. The second kappa shape index (κ2) is 20.7. The summed E-state index contributed by atoms with van der Waals surface area (Å²) in [6, 6.07) is 0. The standard InChI is InChI=1S/C27H53NO/c1-27(29)28-25-23-21-19-17-15-13-11-9-7-5-3-2-4-6-8-10-12-14-16-18-20-22-24-26-28/h2-26H2,1H3. The Kier molecular flexibility index (Phi) is 18.9. The average Bonchev–Trinajstić information content (AvgIpc) is 2.71. The SMILES string of the molecule is CC(=O)N1CCCCCCCCCCCCCCCCCCCCCCCCC1. The maximum Gasteiger partial charge on any atom is 0.219 e. The minimum absolute atomic E-state index is 0.276. The van der Waals surface area contributed by atoms with Crippen LogP contribution in [0.4, 0.5) is 0 Å². The van der Waals surface area contributed by atoms with Crippen molar-refractivity contribution in [1.29, 1.82) is 0 Å². The van der Waals surface area contributed by atoms with Crippen LogP contribution in [0.1, 0.15) is 155 Å². The Labute approximate surface area is 183 Å². The van der Waals surface area contributed by atoms with Crippen LogP contribution in [0.3, 0.4) is 0 Å². The first-order chi connectivity index (χ1) is 14.3. The molecule has 1 aliphatic rings. The van der Waals surface area contributed by atoms with Gasteiger partial charge in [-0.05, 0) is 12.8 Å². The van der Waals surface area contributed by atoms with Gasteiger partial charge in [-0.25, -0.2) is 0 Å². The molecule has 0 aromatic rings. The zero-order valence-corrected chi connectivity index (χ0v) is 20.0. The largest absolute Gasteiger partial charge is 0.343 e. The lowest BCUT2D eigenvalue weighted by Crippen LogP contribution is -2.30. The minimum Gasteiger partial charge on any atom is -0.343 e. The van der Waals surface area contributed by atoms with E-state index in [0.717, 1.165) is 13.1 Å². The first-order valence-corrected chi connectivity index (χ1v) is 13.6. The van der Waals surface area contributed by atoms with E-state index < -0.39 is 0 Å². The number of carbonyl (C=O) groups is 1. The van der Waals surface area contributed by atoms with Crippen molar-refractivity contribution in [3.8, 4) is 0 Å². The molecule has 1 aliphatic heterocycles. The molecule has 2 heteroatoms. The zero-order valence-electron chi connectivity index (χ0n) is 20.0. The fourth-order valence-corrected chi connectivity index (χ4v) is 4.74. The van der Waals surface area contributed by atoms with Crippen LogP contribution >= 0.6 is 0 Å². The van der Waals surface area contributed by atoms with E-state index in [1.165, 1.54) is 148 Å². The molecule has 0 spiro atoms. The van der Waals surface area contributed by atoms with Gasteiger partial charge in [0.15, 0.2) is 0 Å². The van der Waals surface area contributed by atoms with Gasteiger partial charge in [-0.1, -0.05) is 135 Å². The van der Waals surface area contributed by atoms with Crippen molar-refractivity contribution in [3.63, 3.8) is 0 Å². The Bertz CT molecular complexity index is 328. The van der Waals surface area contributed by atoms with Gasteiger partial charge >= 0.3 is 0 Å². The summed E-state index contributed by atoms with van der Waals surface area (Å²) < 4.78 is 0. The van der Waals surface area contributed by atoms with E-state index in [0.29, 0.717) is 0 Å². The first-order valence-electron chi connectivity index (χ1n) is 13.6.